The average molecular weight is 462 g/mol. The van der Waals surface area contributed by atoms with Gasteiger partial charge in [0, 0.05) is 11.1 Å². The molecule has 2 atom stereocenters. The Hall–Kier alpha value is -4.12. The van der Waals surface area contributed by atoms with E-state index in [4.69, 9.17) is 11.5 Å². The van der Waals surface area contributed by atoms with Crippen LogP contribution >= 0.6 is 0 Å². The normalized spacial score (nSPS) is 12.0. The number of benzene rings is 2. The number of amides is 2. The first kappa shape index (κ1) is 26.1. The molecule has 0 saturated carbocycles. The molecule has 0 aromatic heterocycles. The molecule has 2 rings (SSSR count). The van der Waals surface area contributed by atoms with Crippen LogP contribution in [0.15, 0.2) is 59.6 Å². The van der Waals surface area contributed by atoms with Gasteiger partial charge >= 0.3 is 0 Å². The molecule has 0 saturated heterocycles. The van der Waals surface area contributed by atoms with E-state index in [1.54, 1.807) is 13.8 Å². The molecule has 2 aromatic carbocycles. The minimum absolute atomic E-state index is 0.157. The molecule has 6 N–H and O–H groups in total. The van der Waals surface area contributed by atoms with Crippen LogP contribution in [-0.4, -0.2) is 42.2 Å². The van der Waals surface area contributed by atoms with Crippen LogP contribution in [0.3, 0.4) is 0 Å². The molecule has 34 heavy (non-hydrogen) atoms. The van der Waals surface area contributed by atoms with Crippen molar-refractivity contribution in [2.75, 3.05) is 6.54 Å². The highest BCUT2D eigenvalue weighted by Gasteiger charge is 2.23. The molecule has 0 spiro atoms. The number of carbonyl (C=O) groups excluding carboxylic acids is 3. The Bertz CT molecular complexity index is 1080. The van der Waals surface area contributed by atoms with Crippen LogP contribution in [0.4, 0.5) is 0 Å². The molecule has 178 valence electrons. The molecule has 0 radical (unpaired) electrons. The van der Waals surface area contributed by atoms with Crippen molar-refractivity contribution in [1.29, 1.82) is 0 Å². The second kappa shape index (κ2) is 12.8. The van der Waals surface area contributed by atoms with Crippen LogP contribution in [0.25, 0.3) is 0 Å². The second-order valence-electron chi connectivity index (χ2n) is 8.21. The molecular weight excluding hydrogens is 430 g/mol. The van der Waals surface area contributed by atoms with Crippen molar-refractivity contribution in [3.63, 3.8) is 0 Å². The van der Waals surface area contributed by atoms with E-state index in [0.717, 1.165) is 16.7 Å². The van der Waals surface area contributed by atoms with Crippen molar-refractivity contribution in [3.8, 4) is 11.8 Å². The van der Waals surface area contributed by atoms with Crippen LogP contribution in [-0.2, 0) is 20.8 Å². The van der Waals surface area contributed by atoms with Gasteiger partial charge in [-0.15, -0.1) is 0 Å². The zero-order valence-corrected chi connectivity index (χ0v) is 19.7. The van der Waals surface area contributed by atoms with E-state index in [-0.39, 0.29) is 24.2 Å². The standard InChI is InChI=1S/C26H31N5O3/c1-17(2)24(31-26(27)28)25(34)29-16-23(33)30-22(18(3)32)15-21-13-11-20(12-14-21)10-9-19-7-5-4-6-8-19/h4-8,11-14,17,22,24H,15-16H2,1-3H3,(H,29,34)(H,30,33)(H4,27,28,31)/t22-,24+/m0/s1. The maximum Gasteiger partial charge on any atom is 0.245 e. The predicted molar refractivity (Wildman–Crippen MR) is 133 cm³/mol. The van der Waals surface area contributed by atoms with Crippen molar-refractivity contribution >= 4 is 23.6 Å². The van der Waals surface area contributed by atoms with Crippen molar-refractivity contribution in [2.45, 2.75) is 39.3 Å². The van der Waals surface area contributed by atoms with E-state index in [0.29, 0.717) is 6.42 Å². The number of carbonyl (C=O) groups is 3. The zero-order chi connectivity index (χ0) is 25.1. The minimum Gasteiger partial charge on any atom is -0.370 e. The second-order valence-corrected chi connectivity index (χ2v) is 8.21. The summed E-state index contributed by atoms with van der Waals surface area (Å²) in [6.45, 7) is 4.71. The maximum atomic E-state index is 12.4. The summed E-state index contributed by atoms with van der Waals surface area (Å²) in [4.78, 5) is 40.7. The molecule has 2 amide bonds. The Kier molecular flexibility index (Phi) is 9.84. The molecule has 0 aliphatic rings. The Morgan fingerprint density at radius 3 is 2.06 bits per heavy atom. The quantitative estimate of drug-likeness (QED) is 0.252. The number of ketones is 1. The van der Waals surface area contributed by atoms with Gasteiger partial charge in [0.1, 0.15) is 6.04 Å². The molecular formula is C26H31N5O3. The number of rotatable bonds is 9. The average Bonchev–Trinajstić information content (AvgIpc) is 2.80. The Morgan fingerprint density at radius 1 is 0.941 bits per heavy atom. The van der Waals surface area contributed by atoms with Gasteiger partial charge in [0.05, 0.1) is 12.6 Å². The lowest BCUT2D eigenvalue weighted by molar-refractivity contribution is -0.129. The number of nitrogens with zero attached hydrogens (tertiary/aromatic N) is 1. The van der Waals surface area contributed by atoms with Crippen LogP contribution in [0.2, 0.25) is 0 Å². The monoisotopic (exact) mass is 461 g/mol. The fourth-order valence-electron chi connectivity index (χ4n) is 3.11. The molecule has 0 aliphatic carbocycles. The largest absolute Gasteiger partial charge is 0.370 e. The van der Waals surface area contributed by atoms with Gasteiger partial charge in [-0.1, -0.05) is 56.0 Å². The smallest absolute Gasteiger partial charge is 0.245 e. The summed E-state index contributed by atoms with van der Waals surface area (Å²) in [7, 11) is 0. The lowest BCUT2D eigenvalue weighted by Gasteiger charge is -2.18. The molecule has 8 nitrogen and oxygen atoms in total. The molecule has 0 unspecified atom stereocenters. The highest BCUT2D eigenvalue weighted by Crippen LogP contribution is 2.08. The minimum atomic E-state index is -0.801. The molecule has 0 heterocycles. The lowest BCUT2D eigenvalue weighted by Crippen LogP contribution is -2.48. The van der Waals surface area contributed by atoms with Crippen molar-refractivity contribution in [3.05, 3.63) is 71.3 Å². The summed E-state index contributed by atoms with van der Waals surface area (Å²) < 4.78 is 0. The Morgan fingerprint density at radius 2 is 1.53 bits per heavy atom. The molecule has 0 fully saturated rings. The van der Waals surface area contributed by atoms with E-state index in [1.807, 2.05) is 54.6 Å². The van der Waals surface area contributed by atoms with Crippen LogP contribution < -0.4 is 22.1 Å². The Balaban J connectivity index is 1.94. The van der Waals surface area contributed by atoms with Gasteiger partial charge in [-0.05, 0) is 49.1 Å². The van der Waals surface area contributed by atoms with Gasteiger partial charge in [-0.25, -0.2) is 4.99 Å². The van der Waals surface area contributed by atoms with Gasteiger partial charge in [0.25, 0.3) is 0 Å². The Labute approximate surface area is 200 Å². The SMILES string of the molecule is CC(=O)[C@H](Cc1ccc(C#Cc2ccccc2)cc1)NC(=O)CNC(=O)[C@H](N=C(N)N)C(C)C. The number of Topliss-reactive ketones (excluding diaryl/α,β-unsaturated/α-hetero) is 1. The lowest BCUT2D eigenvalue weighted by atomic mass is 10.0. The van der Waals surface area contributed by atoms with Gasteiger partial charge in [-0.3, -0.25) is 14.4 Å². The van der Waals surface area contributed by atoms with E-state index < -0.39 is 23.9 Å². The third-order valence-electron chi connectivity index (χ3n) is 4.96. The number of hydrogen-bond donors (Lipinski definition) is 4. The van der Waals surface area contributed by atoms with E-state index >= 15 is 0 Å². The van der Waals surface area contributed by atoms with E-state index in [2.05, 4.69) is 27.5 Å². The number of aliphatic imine (C=N–C) groups is 1. The van der Waals surface area contributed by atoms with Crippen molar-refractivity contribution in [2.24, 2.45) is 22.4 Å². The molecule has 2 aromatic rings. The first-order valence-corrected chi connectivity index (χ1v) is 11.0. The fraction of sp³-hybridized carbons (Fsp3) is 0.308. The van der Waals surface area contributed by atoms with Crippen LogP contribution in [0.1, 0.15) is 37.5 Å². The predicted octanol–water partition coefficient (Wildman–Crippen LogP) is 1.12. The third-order valence-corrected chi connectivity index (χ3v) is 4.96. The first-order chi connectivity index (χ1) is 16.2. The molecule has 8 heteroatoms. The van der Waals surface area contributed by atoms with Crippen molar-refractivity contribution < 1.29 is 14.4 Å². The number of hydrogen-bond acceptors (Lipinski definition) is 4. The summed E-state index contributed by atoms with van der Waals surface area (Å²) in [5, 5.41) is 5.19. The topological polar surface area (TPSA) is 140 Å². The zero-order valence-electron chi connectivity index (χ0n) is 19.7. The summed E-state index contributed by atoms with van der Waals surface area (Å²) in [6.07, 6.45) is 0.323. The van der Waals surface area contributed by atoms with Gasteiger partial charge in [0.15, 0.2) is 11.7 Å². The maximum absolute atomic E-state index is 12.4. The highest BCUT2D eigenvalue weighted by molar-refractivity contribution is 5.92. The van der Waals surface area contributed by atoms with Gasteiger partial charge < -0.3 is 22.1 Å². The molecule has 0 aliphatic heterocycles. The summed E-state index contributed by atoms with van der Waals surface area (Å²) in [5.74, 6) is 4.70. The number of nitrogens with one attached hydrogen (secondary N) is 2. The van der Waals surface area contributed by atoms with Gasteiger partial charge in [-0.2, -0.15) is 0 Å². The van der Waals surface area contributed by atoms with Crippen LogP contribution in [0.5, 0.6) is 0 Å². The van der Waals surface area contributed by atoms with Gasteiger partial charge in [0.2, 0.25) is 11.8 Å². The first-order valence-electron chi connectivity index (χ1n) is 11.0. The highest BCUT2D eigenvalue weighted by atomic mass is 16.2. The van der Waals surface area contributed by atoms with E-state index in [1.165, 1.54) is 6.92 Å². The van der Waals surface area contributed by atoms with E-state index in [9.17, 15) is 14.4 Å². The summed E-state index contributed by atoms with van der Waals surface area (Å²) in [6, 6.07) is 15.7. The fourth-order valence-corrected chi connectivity index (χ4v) is 3.11. The summed E-state index contributed by atoms with van der Waals surface area (Å²) >= 11 is 0. The molecule has 0 bridgehead atoms. The number of guanidine groups is 1. The summed E-state index contributed by atoms with van der Waals surface area (Å²) in [5.41, 5.74) is 13.4. The third kappa shape index (κ3) is 8.79. The van der Waals surface area contributed by atoms with Crippen LogP contribution in [0, 0.1) is 17.8 Å². The number of nitrogens with two attached hydrogens (primary N) is 2. The van der Waals surface area contributed by atoms with Crippen molar-refractivity contribution in [1.82, 2.24) is 10.6 Å².